The van der Waals surface area contributed by atoms with Gasteiger partial charge in [0, 0.05) is 16.6 Å². The van der Waals surface area contributed by atoms with Crippen molar-refractivity contribution in [1.82, 2.24) is 5.32 Å². The van der Waals surface area contributed by atoms with E-state index >= 15 is 0 Å². The molecule has 0 heterocycles. The molecule has 0 spiro atoms. The summed E-state index contributed by atoms with van der Waals surface area (Å²) >= 11 is 3.51. The van der Waals surface area contributed by atoms with Crippen molar-refractivity contribution in [2.45, 2.75) is 34.2 Å². The molecular formula is C18H24BrNO. The molecular weight excluding hydrogens is 326 g/mol. The van der Waals surface area contributed by atoms with Crippen LogP contribution in [0.3, 0.4) is 0 Å². The first-order chi connectivity index (χ1) is 9.80. The van der Waals surface area contributed by atoms with Gasteiger partial charge < -0.3 is 10.1 Å². The van der Waals surface area contributed by atoms with E-state index in [1.165, 1.54) is 0 Å². The van der Waals surface area contributed by atoms with Crippen molar-refractivity contribution in [3.05, 3.63) is 28.2 Å². The second kappa shape index (κ2) is 6.02. The molecule has 0 atom stereocenters. The molecule has 2 rings (SSSR count). The molecule has 1 aromatic carbocycles. The highest BCUT2D eigenvalue weighted by Crippen LogP contribution is 2.67. The Morgan fingerprint density at radius 2 is 1.95 bits per heavy atom. The van der Waals surface area contributed by atoms with Crippen molar-refractivity contribution in [2.75, 3.05) is 13.2 Å². The largest absolute Gasteiger partial charge is 0.481 e. The smallest absolute Gasteiger partial charge is 0.148 e. The summed E-state index contributed by atoms with van der Waals surface area (Å²) in [5, 5.41) is 3.57. The molecule has 0 amide bonds. The van der Waals surface area contributed by atoms with Gasteiger partial charge in [0.2, 0.25) is 0 Å². The van der Waals surface area contributed by atoms with Gasteiger partial charge in [0.25, 0.3) is 0 Å². The SMILES string of the molecule is C#CCOc1ccc(Br)cc1CNCC1C(C)(C)C1(C)C. The quantitative estimate of drug-likeness (QED) is 0.775. The summed E-state index contributed by atoms with van der Waals surface area (Å²) in [6.07, 6.45) is 5.26. The second-order valence-electron chi connectivity index (χ2n) is 6.87. The molecule has 21 heavy (non-hydrogen) atoms. The van der Waals surface area contributed by atoms with Crippen molar-refractivity contribution in [1.29, 1.82) is 0 Å². The van der Waals surface area contributed by atoms with Crippen LogP contribution >= 0.6 is 15.9 Å². The molecule has 1 N–H and O–H groups in total. The summed E-state index contributed by atoms with van der Waals surface area (Å²) in [6.45, 7) is 11.5. The molecule has 1 fully saturated rings. The van der Waals surface area contributed by atoms with E-state index in [4.69, 9.17) is 11.2 Å². The van der Waals surface area contributed by atoms with Gasteiger partial charge >= 0.3 is 0 Å². The van der Waals surface area contributed by atoms with Crippen LogP contribution in [0.2, 0.25) is 0 Å². The summed E-state index contributed by atoms with van der Waals surface area (Å²) in [6, 6.07) is 6.02. The molecule has 0 bridgehead atoms. The topological polar surface area (TPSA) is 21.3 Å². The lowest BCUT2D eigenvalue weighted by molar-refractivity contribution is 0.364. The molecule has 0 unspecified atom stereocenters. The van der Waals surface area contributed by atoms with E-state index in [2.05, 4.69) is 60.9 Å². The summed E-state index contributed by atoms with van der Waals surface area (Å²) in [5.74, 6) is 4.08. The van der Waals surface area contributed by atoms with Crippen molar-refractivity contribution in [2.24, 2.45) is 16.7 Å². The van der Waals surface area contributed by atoms with E-state index in [0.717, 1.165) is 28.9 Å². The maximum Gasteiger partial charge on any atom is 0.148 e. The van der Waals surface area contributed by atoms with E-state index in [1.807, 2.05) is 12.1 Å². The lowest BCUT2D eigenvalue weighted by Crippen LogP contribution is -2.19. The molecule has 2 nitrogen and oxygen atoms in total. The number of hydrogen-bond acceptors (Lipinski definition) is 2. The van der Waals surface area contributed by atoms with Crippen molar-refractivity contribution in [3.8, 4) is 18.1 Å². The first kappa shape index (κ1) is 16.4. The maximum atomic E-state index is 5.60. The first-order valence-corrected chi connectivity index (χ1v) is 8.15. The maximum absolute atomic E-state index is 5.60. The summed E-state index contributed by atoms with van der Waals surface area (Å²) < 4.78 is 6.65. The van der Waals surface area contributed by atoms with E-state index in [1.54, 1.807) is 0 Å². The molecule has 0 aromatic heterocycles. The summed E-state index contributed by atoms with van der Waals surface area (Å²) in [4.78, 5) is 0. The third-order valence-electron chi connectivity index (χ3n) is 5.32. The monoisotopic (exact) mass is 349 g/mol. The highest BCUT2D eigenvalue weighted by atomic mass is 79.9. The Bertz CT molecular complexity index is 543. The molecule has 1 aromatic rings. The predicted molar refractivity (Wildman–Crippen MR) is 91.2 cm³/mol. The fourth-order valence-electron chi connectivity index (χ4n) is 3.14. The minimum absolute atomic E-state index is 0.303. The first-order valence-electron chi connectivity index (χ1n) is 7.36. The van der Waals surface area contributed by atoms with Crippen molar-refractivity contribution in [3.63, 3.8) is 0 Å². The number of terminal acetylenes is 1. The lowest BCUT2D eigenvalue weighted by Gasteiger charge is -2.12. The molecule has 0 radical (unpaired) electrons. The Labute approximate surface area is 136 Å². The van der Waals surface area contributed by atoms with Crippen LogP contribution in [0.25, 0.3) is 0 Å². The fourth-order valence-corrected chi connectivity index (χ4v) is 3.55. The standard InChI is InChI=1S/C18H24BrNO/c1-6-9-21-15-8-7-14(19)10-13(15)11-20-12-16-17(2,3)18(16,4)5/h1,7-8,10,16,20H,9,11-12H2,2-5H3. The van der Waals surface area contributed by atoms with E-state index in [9.17, 15) is 0 Å². The second-order valence-corrected chi connectivity index (χ2v) is 7.79. The lowest BCUT2D eigenvalue weighted by atomic mass is 10.0. The Balaban J connectivity index is 1.94. The van der Waals surface area contributed by atoms with Gasteiger partial charge in [0.05, 0.1) is 0 Å². The molecule has 1 aliphatic carbocycles. The van der Waals surface area contributed by atoms with E-state index < -0.39 is 0 Å². The zero-order valence-electron chi connectivity index (χ0n) is 13.3. The fraction of sp³-hybridized carbons (Fsp3) is 0.556. The minimum atomic E-state index is 0.303. The van der Waals surface area contributed by atoms with Gasteiger partial charge in [-0.2, -0.15) is 0 Å². The number of ether oxygens (including phenoxy) is 1. The Kier molecular flexibility index (Phi) is 4.70. The Hall–Kier alpha value is -0.980. The summed E-state index contributed by atoms with van der Waals surface area (Å²) in [7, 11) is 0. The van der Waals surface area contributed by atoms with Gasteiger partial charge in [-0.25, -0.2) is 0 Å². The van der Waals surface area contributed by atoms with Gasteiger partial charge in [-0.1, -0.05) is 49.5 Å². The van der Waals surface area contributed by atoms with Crippen molar-refractivity contribution >= 4 is 15.9 Å². The van der Waals surface area contributed by atoms with Gasteiger partial charge in [-0.15, -0.1) is 6.42 Å². The average molecular weight is 350 g/mol. The number of benzene rings is 1. The predicted octanol–water partition coefficient (Wildman–Crippen LogP) is 4.23. The van der Waals surface area contributed by atoms with Gasteiger partial charge in [0.1, 0.15) is 12.4 Å². The van der Waals surface area contributed by atoms with E-state index in [0.29, 0.717) is 23.4 Å². The molecule has 0 saturated heterocycles. The third-order valence-corrected chi connectivity index (χ3v) is 5.81. The van der Waals surface area contributed by atoms with Gasteiger partial charge in [-0.05, 0) is 41.5 Å². The van der Waals surface area contributed by atoms with Crippen molar-refractivity contribution < 1.29 is 4.74 Å². The van der Waals surface area contributed by atoms with Crippen LogP contribution in [-0.2, 0) is 6.54 Å². The normalized spacial score (nSPS) is 19.0. The molecule has 0 aliphatic heterocycles. The van der Waals surface area contributed by atoms with Crippen LogP contribution < -0.4 is 10.1 Å². The van der Waals surface area contributed by atoms with E-state index in [-0.39, 0.29) is 0 Å². The van der Waals surface area contributed by atoms with Crippen LogP contribution in [0.4, 0.5) is 0 Å². The number of nitrogens with one attached hydrogen (secondary N) is 1. The third kappa shape index (κ3) is 3.27. The molecule has 1 saturated carbocycles. The molecule has 114 valence electrons. The minimum Gasteiger partial charge on any atom is -0.481 e. The zero-order valence-corrected chi connectivity index (χ0v) is 14.9. The van der Waals surface area contributed by atoms with Gasteiger partial charge in [0.15, 0.2) is 0 Å². The number of rotatable bonds is 6. The Morgan fingerprint density at radius 3 is 2.52 bits per heavy atom. The number of hydrogen-bond donors (Lipinski definition) is 1. The number of halogens is 1. The van der Waals surface area contributed by atoms with Crippen LogP contribution in [0.5, 0.6) is 5.75 Å². The zero-order chi connectivity index (χ0) is 15.7. The Morgan fingerprint density at radius 1 is 1.29 bits per heavy atom. The summed E-state index contributed by atoms with van der Waals surface area (Å²) in [5.41, 5.74) is 1.97. The average Bonchev–Trinajstić information content (AvgIpc) is 2.80. The van der Waals surface area contributed by atoms with Crippen LogP contribution in [0, 0.1) is 29.1 Å². The molecule has 1 aliphatic rings. The van der Waals surface area contributed by atoms with Crippen LogP contribution in [0.15, 0.2) is 22.7 Å². The van der Waals surface area contributed by atoms with Gasteiger partial charge in [-0.3, -0.25) is 0 Å². The highest BCUT2D eigenvalue weighted by molar-refractivity contribution is 9.10. The van der Waals surface area contributed by atoms with Crippen LogP contribution in [-0.4, -0.2) is 13.2 Å². The van der Waals surface area contributed by atoms with Crippen LogP contribution in [0.1, 0.15) is 33.3 Å². The highest BCUT2D eigenvalue weighted by Gasteiger charge is 2.63. The molecule has 3 heteroatoms.